The van der Waals surface area contributed by atoms with Crippen LogP contribution in [0.3, 0.4) is 0 Å². The second-order valence-electron chi connectivity index (χ2n) is 7.41. The summed E-state index contributed by atoms with van der Waals surface area (Å²) in [6.45, 7) is 18.3. The van der Waals surface area contributed by atoms with Crippen molar-refractivity contribution < 1.29 is 0 Å². The van der Waals surface area contributed by atoms with Gasteiger partial charge in [-0.25, -0.2) is 0 Å². The Bertz CT molecular complexity index is 924. The molecule has 0 unspecified atom stereocenters. The van der Waals surface area contributed by atoms with Crippen LogP contribution in [0.5, 0.6) is 0 Å². The van der Waals surface area contributed by atoms with E-state index in [4.69, 9.17) is 0 Å². The van der Waals surface area contributed by atoms with Crippen molar-refractivity contribution >= 4 is 59.6 Å². The van der Waals surface area contributed by atoms with E-state index in [2.05, 4.69) is 139 Å². The van der Waals surface area contributed by atoms with E-state index >= 15 is 0 Å². The second kappa shape index (κ2) is 11.6. The molecule has 0 amide bonds. The molecule has 31 heavy (non-hydrogen) atoms. The predicted octanol–water partition coefficient (Wildman–Crippen LogP) is 9.45. The zero-order valence-corrected chi connectivity index (χ0v) is 24.1. The van der Waals surface area contributed by atoms with Gasteiger partial charge in [-0.2, -0.15) is 0 Å². The quantitative estimate of drug-likeness (QED) is 0.211. The van der Waals surface area contributed by atoms with Gasteiger partial charge in [0.2, 0.25) is 0 Å². The van der Waals surface area contributed by atoms with Crippen LogP contribution < -0.4 is 0 Å². The summed E-state index contributed by atoms with van der Waals surface area (Å²) in [6.07, 6.45) is 0. The van der Waals surface area contributed by atoms with Crippen LogP contribution in [-0.4, -0.2) is 17.4 Å². The van der Waals surface area contributed by atoms with Gasteiger partial charge in [0.25, 0.3) is 0 Å². The van der Waals surface area contributed by atoms with Gasteiger partial charge >= 0.3 is 204 Å². The van der Waals surface area contributed by atoms with Crippen LogP contribution >= 0.6 is 25.6 Å². The van der Waals surface area contributed by atoms with Crippen molar-refractivity contribution in [2.24, 2.45) is 0 Å². The van der Waals surface area contributed by atoms with Gasteiger partial charge in [-0.15, -0.1) is 0 Å². The minimum atomic E-state index is -2.11. The number of allylic oxidation sites excluding steroid dienone is 3. The fraction of sp³-hybridized carbons (Fsp3) is 0.111. The Morgan fingerprint density at radius 3 is 0.903 bits per heavy atom. The summed E-state index contributed by atoms with van der Waals surface area (Å²) in [6, 6.07) is 26.6. The Hall–Kier alpha value is -1.19. The van der Waals surface area contributed by atoms with Crippen molar-refractivity contribution in [3.8, 4) is 0 Å². The van der Waals surface area contributed by atoms with Crippen LogP contribution in [0, 0.1) is 0 Å². The molecule has 0 aromatic heterocycles. The summed E-state index contributed by atoms with van der Waals surface area (Å²) in [7, 11) is 6.25. The molecular weight excluding hydrogens is 629 g/mol. The zero-order valence-electron chi connectivity index (χ0n) is 18.2. The molecule has 3 aromatic carbocycles. The molecule has 0 bridgehead atoms. The van der Waals surface area contributed by atoms with Crippen LogP contribution in [0.2, 0.25) is 0 Å². The van der Waals surface area contributed by atoms with Gasteiger partial charge in [0, 0.05) is 0 Å². The first kappa shape index (κ1) is 24.5. The van der Waals surface area contributed by atoms with Gasteiger partial charge in [0.05, 0.1) is 0 Å². The van der Waals surface area contributed by atoms with Crippen molar-refractivity contribution in [3.63, 3.8) is 0 Å². The first-order chi connectivity index (χ1) is 14.8. The number of hydrogen-bond acceptors (Lipinski definition) is 3. The Morgan fingerprint density at radius 1 is 0.484 bits per heavy atom. The number of rotatable bonds is 9. The summed E-state index contributed by atoms with van der Waals surface area (Å²) in [5.41, 5.74) is 6.95. The first-order valence-electron chi connectivity index (χ1n) is 9.93. The zero-order chi connectivity index (χ0) is 22.4. The molecule has 0 radical (unpaired) electrons. The molecule has 0 aliphatic carbocycles. The molecule has 0 spiro atoms. The standard InChI is InChI=1S/3C9H10S.Bi/c3*1-7(2)8-3-5-9(10)6-4-8;/h3*3-6,10H,1H2,2H3;/q;;;+3/p-3. The van der Waals surface area contributed by atoms with E-state index in [1.165, 1.54) is 31.4 Å². The van der Waals surface area contributed by atoms with Gasteiger partial charge in [0.1, 0.15) is 0 Å². The predicted molar refractivity (Wildman–Crippen MR) is 147 cm³/mol. The van der Waals surface area contributed by atoms with E-state index in [1.54, 1.807) is 0 Å². The maximum absolute atomic E-state index is 4.05. The molecule has 0 aliphatic heterocycles. The molecule has 0 heterocycles. The van der Waals surface area contributed by atoms with Crippen LogP contribution in [0.1, 0.15) is 37.5 Å². The van der Waals surface area contributed by atoms with Gasteiger partial charge in [0.15, 0.2) is 0 Å². The SMILES string of the molecule is C=C(C)c1ccc([S][Bi]([S]c2ccc(C(=C)C)cc2)[S]c2ccc(C(=C)C)cc2)cc1. The molecule has 3 aromatic rings. The molecule has 0 aliphatic rings. The van der Waals surface area contributed by atoms with Crippen molar-refractivity contribution in [1.29, 1.82) is 0 Å². The van der Waals surface area contributed by atoms with Crippen molar-refractivity contribution in [2.75, 3.05) is 0 Å². The average Bonchev–Trinajstić information content (AvgIpc) is 2.75. The van der Waals surface area contributed by atoms with E-state index in [-0.39, 0.29) is 0 Å². The number of hydrogen-bond donors (Lipinski definition) is 0. The van der Waals surface area contributed by atoms with Crippen LogP contribution in [0.15, 0.2) is 107 Å². The molecule has 4 heteroatoms. The minimum absolute atomic E-state index is 1.11. The fourth-order valence-corrected chi connectivity index (χ4v) is 32.2. The Kier molecular flexibility index (Phi) is 9.16. The summed E-state index contributed by atoms with van der Waals surface area (Å²) < 4.78 is 0. The van der Waals surface area contributed by atoms with E-state index in [9.17, 15) is 0 Å². The molecule has 0 atom stereocenters. The summed E-state index contributed by atoms with van der Waals surface area (Å²) in [5.74, 6) is 0. The van der Waals surface area contributed by atoms with Gasteiger partial charge in [-0.3, -0.25) is 0 Å². The molecule has 0 N–H and O–H groups in total. The molecule has 0 fully saturated rings. The average molecular weight is 657 g/mol. The third-order valence-electron chi connectivity index (χ3n) is 4.58. The summed E-state index contributed by atoms with van der Waals surface area (Å²) in [5, 5.41) is 0. The molecular formula is C27H27BiS3. The van der Waals surface area contributed by atoms with Crippen LogP contribution in [0.4, 0.5) is 0 Å². The van der Waals surface area contributed by atoms with Crippen molar-refractivity contribution in [2.45, 2.75) is 35.5 Å². The molecule has 3 rings (SSSR count). The first-order valence-corrected chi connectivity index (χ1v) is 25.0. The third-order valence-corrected chi connectivity index (χ3v) is 30.8. The Labute approximate surface area is 202 Å². The van der Waals surface area contributed by atoms with Crippen molar-refractivity contribution in [3.05, 3.63) is 109 Å². The third kappa shape index (κ3) is 7.43. The van der Waals surface area contributed by atoms with E-state index in [0.717, 1.165) is 16.7 Å². The molecule has 0 saturated carbocycles. The van der Waals surface area contributed by atoms with Crippen LogP contribution in [-0.2, 0) is 0 Å². The fourth-order valence-electron chi connectivity index (χ4n) is 2.72. The van der Waals surface area contributed by atoms with Gasteiger partial charge in [-0.1, -0.05) is 0 Å². The van der Waals surface area contributed by atoms with Gasteiger partial charge < -0.3 is 0 Å². The monoisotopic (exact) mass is 656 g/mol. The Balaban J connectivity index is 1.80. The summed E-state index contributed by atoms with van der Waals surface area (Å²) in [4.78, 5) is 4.04. The second-order valence-corrected chi connectivity index (χ2v) is 33.2. The van der Waals surface area contributed by atoms with E-state index in [1.807, 2.05) is 0 Å². The normalized spacial score (nSPS) is 10.8. The molecule has 0 saturated heterocycles. The molecule has 158 valence electrons. The van der Waals surface area contributed by atoms with Crippen LogP contribution in [0.25, 0.3) is 16.7 Å². The number of benzene rings is 3. The molecule has 0 nitrogen and oxygen atoms in total. The van der Waals surface area contributed by atoms with Gasteiger partial charge in [-0.05, 0) is 0 Å². The Morgan fingerprint density at radius 2 is 0.710 bits per heavy atom. The van der Waals surface area contributed by atoms with Crippen molar-refractivity contribution in [1.82, 2.24) is 0 Å². The maximum atomic E-state index is 4.05. The van der Waals surface area contributed by atoms with E-state index < -0.39 is 17.4 Å². The van der Waals surface area contributed by atoms with E-state index in [0.29, 0.717) is 0 Å². The topological polar surface area (TPSA) is 0 Å². The summed E-state index contributed by atoms with van der Waals surface area (Å²) >= 11 is -2.11.